The van der Waals surface area contributed by atoms with Gasteiger partial charge in [0.05, 0.1) is 18.6 Å². The maximum atomic E-state index is 12.3. The second kappa shape index (κ2) is 6.50. The molecule has 0 amide bonds. The maximum Gasteiger partial charge on any atom is 0.306 e. The number of carboxylic acid groups (broad SMARTS) is 1. The predicted molar refractivity (Wildman–Crippen MR) is 87.3 cm³/mol. The molecule has 0 saturated heterocycles. The molecule has 120 valence electrons. The lowest BCUT2D eigenvalue weighted by atomic mass is 10.1. The van der Waals surface area contributed by atoms with E-state index in [2.05, 4.69) is 0 Å². The van der Waals surface area contributed by atoms with E-state index in [0.29, 0.717) is 22.4 Å². The standard InChI is InChI=1S/C19H14O5/c20-17(21)9-10-24-13-7-5-12(6-8-13)11-16-18(22)14-3-1-2-4-15(14)19(16)23/h1-8,11H,9-10H2,(H,20,21). The highest BCUT2D eigenvalue weighted by Gasteiger charge is 2.32. The van der Waals surface area contributed by atoms with Crippen LogP contribution in [0.3, 0.4) is 0 Å². The highest BCUT2D eigenvalue weighted by molar-refractivity contribution is 6.41. The van der Waals surface area contributed by atoms with Crippen LogP contribution in [0.1, 0.15) is 32.7 Å². The number of ether oxygens (including phenoxy) is 1. The third kappa shape index (κ3) is 3.10. The Morgan fingerprint density at radius 3 is 2.08 bits per heavy atom. The number of fused-ring (bicyclic) bond motifs is 1. The second-order valence-electron chi connectivity index (χ2n) is 5.32. The Hall–Kier alpha value is -3.21. The number of rotatable bonds is 5. The van der Waals surface area contributed by atoms with E-state index in [1.54, 1.807) is 54.6 Å². The molecule has 1 aliphatic rings. The van der Waals surface area contributed by atoms with Gasteiger partial charge in [0.1, 0.15) is 5.75 Å². The van der Waals surface area contributed by atoms with Crippen LogP contribution in [0, 0.1) is 0 Å². The molecule has 2 aromatic rings. The molecule has 1 N–H and O–H groups in total. The molecule has 0 saturated carbocycles. The number of carboxylic acids is 1. The van der Waals surface area contributed by atoms with Crippen molar-refractivity contribution in [3.05, 3.63) is 70.8 Å². The number of hydrogen-bond acceptors (Lipinski definition) is 4. The van der Waals surface area contributed by atoms with E-state index >= 15 is 0 Å². The SMILES string of the molecule is O=C(O)CCOc1ccc(C=C2C(=O)c3ccccc3C2=O)cc1. The molecule has 0 spiro atoms. The Labute approximate surface area is 138 Å². The van der Waals surface area contributed by atoms with Crippen molar-refractivity contribution in [2.24, 2.45) is 0 Å². The maximum absolute atomic E-state index is 12.3. The van der Waals surface area contributed by atoms with E-state index < -0.39 is 5.97 Å². The predicted octanol–water partition coefficient (Wildman–Crippen LogP) is 3.00. The lowest BCUT2D eigenvalue weighted by molar-refractivity contribution is -0.137. The van der Waals surface area contributed by atoms with Crippen LogP contribution >= 0.6 is 0 Å². The van der Waals surface area contributed by atoms with Crippen molar-refractivity contribution in [1.29, 1.82) is 0 Å². The Kier molecular flexibility index (Phi) is 4.24. The fourth-order valence-corrected chi connectivity index (χ4v) is 2.49. The number of carbonyl (C=O) groups excluding carboxylic acids is 2. The van der Waals surface area contributed by atoms with Crippen LogP contribution in [0.5, 0.6) is 5.75 Å². The number of allylic oxidation sites excluding steroid dienone is 1. The highest BCUT2D eigenvalue weighted by atomic mass is 16.5. The van der Waals surface area contributed by atoms with E-state index in [9.17, 15) is 14.4 Å². The first-order valence-electron chi connectivity index (χ1n) is 7.41. The zero-order valence-electron chi connectivity index (χ0n) is 12.7. The molecule has 0 fully saturated rings. The molecule has 0 aromatic heterocycles. The highest BCUT2D eigenvalue weighted by Crippen LogP contribution is 2.28. The summed E-state index contributed by atoms with van der Waals surface area (Å²) in [6.45, 7) is 0.0854. The summed E-state index contributed by atoms with van der Waals surface area (Å²) in [5, 5.41) is 8.57. The minimum Gasteiger partial charge on any atom is -0.493 e. The molecule has 0 aliphatic heterocycles. The van der Waals surface area contributed by atoms with Crippen LogP contribution in [0.15, 0.2) is 54.1 Å². The minimum absolute atomic E-state index is 0.0763. The Bertz CT molecular complexity index is 809. The average Bonchev–Trinajstić information content (AvgIpc) is 2.82. The first kappa shape index (κ1) is 15.7. The van der Waals surface area contributed by atoms with Gasteiger partial charge in [0, 0.05) is 11.1 Å². The molecule has 5 heteroatoms. The number of benzene rings is 2. The third-order valence-electron chi connectivity index (χ3n) is 3.68. The molecule has 1 aliphatic carbocycles. The zero-order chi connectivity index (χ0) is 17.1. The van der Waals surface area contributed by atoms with Crippen LogP contribution in [0.4, 0.5) is 0 Å². The molecule has 0 atom stereocenters. The molecule has 5 nitrogen and oxygen atoms in total. The fraction of sp³-hybridized carbons (Fsp3) is 0.105. The molecule has 0 bridgehead atoms. The molecule has 24 heavy (non-hydrogen) atoms. The third-order valence-corrected chi connectivity index (χ3v) is 3.68. The van der Waals surface area contributed by atoms with Crippen molar-refractivity contribution < 1.29 is 24.2 Å². The number of Topliss-reactive ketones (excluding diaryl/α,β-unsaturated/α-hetero) is 2. The van der Waals surface area contributed by atoms with E-state index in [-0.39, 0.29) is 30.2 Å². The van der Waals surface area contributed by atoms with Crippen molar-refractivity contribution in [2.75, 3.05) is 6.61 Å². The van der Waals surface area contributed by atoms with Gasteiger partial charge in [-0.1, -0.05) is 36.4 Å². The minimum atomic E-state index is -0.922. The van der Waals surface area contributed by atoms with Gasteiger partial charge in [0.15, 0.2) is 11.6 Å². The van der Waals surface area contributed by atoms with Gasteiger partial charge in [-0.15, -0.1) is 0 Å². The van der Waals surface area contributed by atoms with Crippen molar-refractivity contribution in [1.82, 2.24) is 0 Å². The zero-order valence-corrected chi connectivity index (χ0v) is 12.7. The van der Waals surface area contributed by atoms with E-state index in [1.165, 1.54) is 0 Å². The lowest BCUT2D eigenvalue weighted by Crippen LogP contribution is -2.04. The summed E-state index contributed by atoms with van der Waals surface area (Å²) in [6, 6.07) is 13.5. The van der Waals surface area contributed by atoms with Gasteiger partial charge in [-0.3, -0.25) is 14.4 Å². The first-order valence-corrected chi connectivity index (χ1v) is 7.41. The number of ketones is 2. The largest absolute Gasteiger partial charge is 0.493 e. The fourth-order valence-electron chi connectivity index (χ4n) is 2.49. The molecular weight excluding hydrogens is 308 g/mol. The molecule has 2 aromatic carbocycles. The summed E-state index contributed by atoms with van der Waals surface area (Å²) in [5.41, 5.74) is 1.71. The topological polar surface area (TPSA) is 80.7 Å². The van der Waals surface area contributed by atoms with Crippen molar-refractivity contribution in [2.45, 2.75) is 6.42 Å². The molecular formula is C19H14O5. The van der Waals surface area contributed by atoms with Crippen molar-refractivity contribution >= 4 is 23.6 Å². The van der Waals surface area contributed by atoms with Crippen LogP contribution in [0.25, 0.3) is 6.08 Å². The summed E-state index contributed by atoms with van der Waals surface area (Å²) in [4.78, 5) is 35.1. The molecule has 0 heterocycles. The molecule has 0 radical (unpaired) electrons. The summed E-state index contributed by atoms with van der Waals surface area (Å²) >= 11 is 0. The Balaban J connectivity index is 1.77. The lowest BCUT2D eigenvalue weighted by Gasteiger charge is -2.04. The summed E-state index contributed by atoms with van der Waals surface area (Å²) in [7, 11) is 0. The van der Waals surface area contributed by atoms with Gasteiger partial charge in [-0.25, -0.2) is 0 Å². The number of hydrogen-bond donors (Lipinski definition) is 1. The second-order valence-corrected chi connectivity index (χ2v) is 5.32. The quantitative estimate of drug-likeness (QED) is 0.676. The van der Waals surface area contributed by atoms with Crippen molar-refractivity contribution in [3.8, 4) is 5.75 Å². The first-order chi connectivity index (χ1) is 11.6. The van der Waals surface area contributed by atoms with Gasteiger partial charge in [-0.05, 0) is 23.8 Å². The molecule has 3 rings (SSSR count). The van der Waals surface area contributed by atoms with E-state index in [1.807, 2.05) is 0 Å². The van der Waals surface area contributed by atoms with Gasteiger partial charge in [-0.2, -0.15) is 0 Å². The van der Waals surface area contributed by atoms with Crippen molar-refractivity contribution in [3.63, 3.8) is 0 Å². The van der Waals surface area contributed by atoms with E-state index in [0.717, 1.165) is 0 Å². The summed E-state index contributed by atoms with van der Waals surface area (Å²) in [5.74, 6) is -0.922. The number of aliphatic carboxylic acids is 1. The van der Waals surface area contributed by atoms with Gasteiger partial charge in [0.2, 0.25) is 0 Å². The van der Waals surface area contributed by atoms with Crippen LogP contribution in [-0.4, -0.2) is 29.2 Å². The molecule has 0 unspecified atom stereocenters. The van der Waals surface area contributed by atoms with E-state index in [4.69, 9.17) is 9.84 Å². The number of carbonyl (C=O) groups is 3. The monoisotopic (exact) mass is 322 g/mol. The van der Waals surface area contributed by atoms with Crippen LogP contribution in [0.2, 0.25) is 0 Å². The summed E-state index contributed by atoms with van der Waals surface area (Å²) < 4.78 is 5.30. The Morgan fingerprint density at radius 2 is 1.54 bits per heavy atom. The smallest absolute Gasteiger partial charge is 0.306 e. The Morgan fingerprint density at radius 1 is 0.958 bits per heavy atom. The summed E-state index contributed by atoms with van der Waals surface area (Å²) in [6.07, 6.45) is 1.48. The van der Waals surface area contributed by atoms with Gasteiger partial charge >= 0.3 is 5.97 Å². The van der Waals surface area contributed by atoms with Gasteiger partial charge in [0.25, 0.3) is 0 Å². The van der Waals surface area contributed by atoms with Gasteiger partial charge < -0.3 is 9.84 Å². The van der Waals surface area contributed by atoms with Crippen LogP contribution < -0.4 is 4.74 Å². The van der Waals surface area contributed by atoms with Crippen LogP contribution in [-0.2, 0) is 4.79 Å². The normalized spacial score (nSPS) is 12.9. The average molecular weight is 322 g/mol.